The van der Waals surface area contributed by atoms with E-state index in [0.717, 1.165) is 17.5 Å². The number of aromatic nitrogens is 4. The molecule has 0 aliphatic carbocycles. The van der Waals surface area contributed by atoms with Crippen LogP contribution < -0.4 is 0 Å². The van der Waals surface area contributed by atoms with Crippen molar-refractivity contribution in [3.8, 4) is 11.4 Å². The van der Waals surface area contributed by atoms with Gasteiger partial charge in [0.25, 0.3) is 0 Å². The molecule has 0 aromatic carbocycles. The first-order chi connectivity index (χ1) is 9.11. The van der Waals surface area contributed by atoms with Crippen LogP contribution in [0.2, 0.25) is 0 Å². The zero-order valence-electron chi connectivity index (χ0n) is 10.9. The number of carboxylic acids is 1. The van der Waals surface area contributed by atoms with Gasteiger partial charge in [-0.2, -0.15) is 11.3 Å². The van der Waals surface area contributed by atoms with Gasteiger partial charge in [-0.15, -0.1) is 5.10 Å². The fraction of sp³-hybridized carbons (Fsp3) is 0.500. The maximum Gasteiger partial charge on any atom is 0.303 e. The molecule has 2 rings (SSSR count). The van der Waals surface area contributed by atoms with Gasteiger partial charge in [0.1, 0.15) is 0 Å². The summed E-state index contributed by atoms with van der Waals surface area (Å²) in [5.74, 6) is -0.0329. The number of tetrazole rings is 1. The summed E-state index contributed by atoms with van der Waals surface area (Å²) < 4.78 is 1.70. The monoisotopic (exact) mass is 280 g/mol. The van der Waals surface area contributed by atoms with E-state index >= 15 is 0 Å². The number of rotatable bonds is 6. The minimum absolute atomic E-state index is 0.0405. The zero-order chi connectivity index (χ0) is 13.8. The molecule has 0 saturated heterocycles. The highest BCUT2D eigenvalue weighted by Gasteiger charge is 2.17. The topological polar surface area (TPSA) is 80.9 Å². The van der Waals surface area contributed by atoms with Crippen LogP contribution in [-0.2, 0) is 11.3 Å². The van der Waals surface area contributed by atoms with Gasteiger partial charge in [-0.1, -0.05) is 13.3 Å². The lowest BCUT2D eigenvalue weighted by atomic mass is 10.0. The van der Waals surface area contributed by atoms with Crippen LogP contribution in [0.25, 0.3) is 11.4 Å². The molecule has 6 nitrogen and oxygen atoms in total. The summed E-state index contributed by atoms with van der Waals surface area (Å²) in [5, 5.41) is 24.7. The molecule has 0 saturated carbocycles. The molecular weight excluding hydrogens is 264 g/mol. The Kier molecular flexibility index (Phi) is 4.26. The van der Waals surface area contributed by atoms with Crippen molar-refractivity contribution in [3.63, 3.8) is 0 Å². The molecule has 2 heterocycles. The van der Waals surface area contributed by atoms with Crippen LogP contribution >= 0.6 is 11.3 Å². The lowest BCUT2D eigenvalue weighted by Gasteiger charge is -2.12. The van der Waals surface area contributed by atoms with Crippen LogP contribution in [0.1, 0.15) is 25.3 Å². The Bertz CT molecular complexity index is 564. The third-order valence-electron chi connectivity index (χ3n) is 3.10. The molecule has 7 heteroatoms. The Balaban J connectivity index is 2.20. The minimum Gasteiger partial charge on any atom is -0.481 e. The van der Waals surface area contributed by atoms with Crippen molar-refractivity contribution < 1.29 is 9.90 Å². The van der Waals surface area contributed by atoms with E-state index in [1.165, 1.54) is 0 Å². The quantitative estimate of drug-likeness (QED) is 0.877. The molecule has 0 spiro atoms. The summed E-state index contributed by atoms with van der Waals surface area (Å²) in [5.41, 5.74) is 2.15. The summed E-state index contributed by atoms with van der Waals surface area (Å²) in [7, 11) is 0. The van der Waals surface area contributed by atoms with Gasteiger partial charge >= 0.3 is 5.97 Å². The van der Waals surface area contributed by atoms with E-state index in [9.17, 15) is 4.79 Å². The number of carbonyl (C=O) groups is 1. The standard InChI is InChI=1S/C12H16N4O2S/c1-3-9(4-11(17)18)5-16-12(13-14-15-16)10-7-19-6-8(10)2/h6-7,9H,3-5H2,1-2H3,(H,17,18). The molecule has 19 heavy (non-hydrogen) atoms. The Labute approximate surface area is 115 Å². The van der Waals surface area contributed by atoms with Crippen molar-refractivity contribution in [2.24, 2.45) is 5.92 Å². The second-order valence-electron chi connectivity index (χ2n) is 4.53. The third kappa shape index (κ3) is 3.17. The average Bonchev–Trinajstić information content (AvgIpc) is 2.96. The largest absolute Gasteiger partial charge is 0.481 e. The van der Waals surface area contributed by atoms with E-state index in [1.54, 1.807) is 16.0 Å². The predicted molar refractivity (Wildman–Crippen MR) is 71.9 cm³/mol. The molecular formula is C12H16N4O2S. The Morgan fingerprint density at radius 3 is 2.89 bits per heavy atom. The molecule has 1 atom stereocenters. The number of thiophene rings is 1. The Hall–Kier alpha value is -1.76. The lowest BCUT2D eigenvalue weighted by molar-refractivity contribution is -0.138. The molecule has 2 aromatic heterocycles. The third-order valence-corrected chi connectivity index (χ3v) is 3.96. The van der Waals surface area contributed by atoms with E-state index < -0.39 is 5.97 Å². The number of hydrogen-bond donors (Lipinski definition) is 1. The smallest absolute Gasteiger partial charge is 0.303 e. The van der Waals surface area contributed by atoms with Gasteiger partial charge in [0.05, 0.1) is 0 Å². The predicted octanol–water partition coefficient (Wildman–Crippen LogP) is 2.21. The molecule has 0 bridgehead atoms. The number of carboxylic acid groups (broad SMARTS) is 1. The minimum atomic E-state index is -0.784. The Morgan fingerprint density at radius 2 is 2.32 bits per heavy atom. The van der Waals surface area contributed by atoms with Gasteiger partial charge < -0.3 is 5.11 Å². The number of hydrogen-bond acceptors (Lipinski definition) is 5. The average molecular weight is 280 g/mol. The van der Waals surface area contributed by atoms with E-state index in [4.69, 9.17) is 5.11 Å². The van der Waals surface area contributed by atoms with Gasteiger partial charge in [-0.3, -0.25) is 4.79 Å². The first-order valence-electron chi connectivity index (χ1n) is 6.13. The SMILES string of the molecule is CCC(CC(=O)O)Cn1nnnc1-c1cscc1C. The summed E-state index contributed by atoms with van der Waals surface area (Å²) in [6.45, 7) is 4.52. The normalized spacial score (nSPS) is 12.5. The molecule has 1 N–H and O–H groups in total. The molecule has 0 amide bonds. The molecule has 1 unspecified atom stereocenters. The van der Waals surface area contributed by atoms with Gasteiger partial charge in [-0.05, 0) is 34.2 Å². The zero-order valence-corrected chi connectivity index (χ0v) is 11.7. The first kappa shape index (κ1) is 13.7. The van der Waals surface area contributed by atoms with Crippen LogP contribution in [0.5, 0.6) is 0 Å². The van der Waals surface area contributed by atoms with E-state index in [0.29, 0.717) is 12.4 Å². The molecule has 0 fully saturated rings. The Morgan fingerprint density at radius 1 is 1.53 bits per heavy atom. The number of aliphatic carboxylic acids is 1. The lowest BCUT2D eigenvalue weighted by Crippen LogP contribution is -2.16. The highest BCUT2D eigenvalue weighted by molar-refractivity contribution is 7.08. The van der Waals surface area contributed by atoms with Gasteiger partial charge in [0, 0.05) is 23.9 Å². The molecule has 102 valence electrons. The van der Waals surface area contributed by atoms with Crippen LogP contribution in [0.3, 0.4) is 0 Å². The summed E-state index contributed by atoms with van der Waals surface area (Å²) in [4.78, 5) is 10.8. The molecule has 0 radical (unpaired) electrons. The maximum absolute atomic E-state index is 10.8. The van der Waals surface area contributed by atoms with Crippen molar-refractivity contribution in [2.45, 2.75) is 33.2 Å². The van der Waals surface area contributed by atoms with E-state index in [-0.39, 0.29) is 12.3 Å². The van der Waals surface area contributed by atoms with Crippen molar-refractivity contribution in [3.05, 3.63) is 16.3 Å². The highest BCUT2D eigenvalue weighted by atomic mass is 32.1. The fourth-order valence-corrected chi connectivity index (χ4v) is 2.77. The van der Waals surface area contributed by atoms with Gasteiger partial charge in [-0.25, -0.2) is 4.68 Å². The summed E-state index contributed by atoms with van der Waals surface area (Å²) >= 11 is 1.61. The van der Waals surface area contributed by atoms with Crippen molar-refractivity contribution in [1.82, 2.24) is 20.2 Å². The summed E-state index contributed by atoms with van der Waals surface area (Å²) in [6.07, 6.45) is 0.923. The molecule has 0 aliphatic heterocycles. The number of aryl methyl sites for hydroxylation is 1. The highest BCUT2D eigenvalue weighted by Crippen LogP contribution is 2.25. The van der Waals surface area contributed by atoms with Gasteiger partial charge in [0.15, 0.2) is 5.82 Å². The van der Waals surface area contributed by atoms with Crippen LogP contribution in [0.4, 0.5) is 0 Å². The summed E-state index contributed by atoms with van der Waals surface area (Å²) in [6, 6.07) is 0. The molecule has 0 aliphatic rings. The second-order valence-corrected chi connectivity index (χ2v) is 5.27. The van der Waals surface area contributed by atoms with Crippen LogP contribution in [0.15, 0.2) is 10.8 Å². The van der Waals surface area contributed by atoms with Crippen molar-refractivity contribution in [2.75, 3.05) is 0 Å². The van der Waals surface area contributed by atoms with Crippen molar-refractivity contribution >= 4 is 17.3 Å². The van der Waals surface area contributed by atoms with E-state index in [1.807, 2.05) is 24.6 Å². The molecule has 2 aromatic rings. The van der Waals surface area contributed by atoms with Crippen LogP contribution in [-0.4, -0.2) is 31.3 Å². The van der Waals surface area contributed by atoms with Crippen LogP contribution in [0, 0.1) is 12.8 Å². The van der Waals surface area contributed by atoms with E-state index in [2.05, 4.69) is 15.5 Å². The number of nitrogens with zero attached hydrogens (tertiary/aromatic N) is 4. The second kappa shape index (κ2) is 5.92. The maximum atomic E-state index is 10.8. The first-order valence-corrected chi connectivity index (χ1v) is 7.07. The fourth-order valence-electron chi connectivity index (χ4n) is 1.94. The van der Waals surface area contributed by atoms with Gasteiger partial charge in [0.2, 0.25) is 0 Å². The van der Waals surface area contributed by atoms with Crippen molar-refractivity contribution in [1.29, 1.82) is 0 Å².